The maximum atomic E-state index is 13.1. The first-order chi connectivity index (χ1) is 6.49. The summed E-state index contributed by atoms with van der Waals surface area (Å²) in [5.41, 5.74) is -0.668. The highest BCUT2D eigenvalue weighted by molar-refractivity contribution is 7.99. The van der Waals surface area contributed by atoms with Crippen molar-refractivity contribution in [3.63, 3.8) is 0 Å². The molecule has 1 aromatic carbocycles. The monoisotopic (exact) mass is 214 g/mol. The van der Waals surface area contributed by atoms with E-state index in [2.05, 4.69) is 0 Å². The van der Waals surface area contributed by atoms with Crippen LogP contribution in [-0.4, -0.2) is 16.5 Å². The van der Waals surface area contributed by atoms with Gasteiger partial charge < -0.3 is 5.11 Å². The van der Waals surface area contributed by atoms with Crippen LogP contribution in [0.4, 0.5) is 4.39 Å². The van der Waals surface area contributed by atoms with Crippen molar-refractivity contribution in [3.8, 4) is 0 Å². The summed E-state index contributed by atoms with van der Waals surface area (Å²) in [7, 11) is 0. The van der Waals surface area contributed by atoms with Crippen LogP contribution in [-0.2, 0) is 0 Å². The lowest BCUT2D eigenvalue weighted by Crippen LogP contribution is -2.19. The van der Waals surface area contributed by atoms with Crippen LogP contribution in [0, 0.1) is 5.82 Å². The van der Waals surface area contributed by atoms with Gasteiger partial charge in [-0.15, -0.1) is 11.8 Å². The van der Waals surface area contributed by atoms with Crippen molar-refractivity contribution in [1.82, 2.24) is 0 Å². The van der Waals surface area contributed by atoms with Crippen LogP contribution in [0.3, 0.4) is 0 Å². The Kier molecular flexibility index (Phi) is 3.96. The fraction of sp³-hybridized carbons (Fsp3) is 0.455. The van der Waals surface area contributed by atoms with Gasteiger partial charge in [-0.1, -0.05) is 12.1 Å². The van der Waals surface area contributed by atoms with Crippen molar-refractivity contribution < 1.29 is 9.50 Å². The first-order valence-electron chi connectivity index (χ1n) is 4.59. The zero-order valence-electron chi connectivity index (χ0n) is 8.46. The zero-order valence-corrected chi connectivity index (χ0v) is 9.27. The van der Waals surface area contributed by atoms with Gasteiger partial charge in [0.1, 0.15) is 5.82 Å². The summed E-state index contributed by atoms with van der Waals surface area (Å²) in [5, 5.41) is 9.46. The molecule has 0 aliphatic rings. The fourth-order valence-electron chi connectivity index (χ4n) is 0.973. The molecule has 0 atom stereocenters. The van der Waals surface area contributed by atoms with Crippen molar-refractivity contribution in [2.24, 2.45) is 0 Å². The third-order valence-electron chi connectivity index (χ3n) is 1.81. The van der Waals surface area contributed by atoms with Gasteiger partial charge >= 0.3 is 0 Å². The van der Waals surface area contributed by atoms with Gasteiger partial charge in [0.25, 0.3) is 0 Å². The molecule has 1 nitrogen and oxygen atoms in total. The Morgan fingerprint density at radius 3 is 2.57 bits per heavy atom. The minimum absolute atomic E-state index is 0.187. The molecule has 3 heteroatoms. The number of thioether (sulfide) groups is 1. The number of hydrogen-bond acceptors (Lipinski definition) is 2. The lowest BCUT2D eigenvalue weighted by molar-refractivity contribution is 0.0777. The zero-order chi connectivity index (χ0) is 10.6. The molecule has 14 heavy (non-hydrogen) atoms. The molecule has 0 unspecified atom stereocenters. The summed E-state index contributed by atoms with van der Waals surface area (Å²) in [6.45, 7) is 3.52. The van der Waals surface area contributed by atoms with Crippen molar-refractivity contribution in [2.45, 2.75) is 30.8 Å². The smallest absolute Gasteiger partial charge is 0.136 e. The Bertz CT molecular complexity index is 294. The van der Waals surface area contributed by atoms with Crippen molar-refractivity contribution in [2.75, 3.05) is 5.75 Å². The van der Waals surface area contributed by atoms with E-state index in [-0.39, 0.29) is 5.82 Å². The first kappa shape index (κ1) is 11.5. The maximum Gasteiger partial charge on any atom is 0.136 e. The molecule has 0 aromatic heterocycles. The normalized spacial score (nSPS) is 11.7. The third-order valence-corrected chi connectivity index (χ3v) is 2.86. The highest BCUT2D eigenvalue weighted by atomic mass is 32.2. The molecule has 1 N–H and O–H groups in total. The summed E-state index contributed by atoms with van der Waals surface area (Å²) in [6.07, 6.45) is 0.659. The predicted octanol–water partition coefficient (Wildman–Crippen LogP) is 3.08. The molecule has 0 saturated carbocycles. The van der Waals surface area contributed by atoms with Gasteiger partial charge in [-0.05, 0) is 32.4 Å². The molecule has 0 aliphatic heterocycles. The maximum absolute atomic E-state index is 13.1. The Hall–Kier alpha value is -0.540. The number of benzene rings is 1. The third kappa shape index (κ3) is 4.11. The largest absolute Gasteiger partial charge is 0.390 e. The Balaban J connectivity index is 2.43. The quantitative estimate of drug-likeness (QED) is 0.777. The van der Waals surface area contributed by atoms with Crippen molar-refractivity contribution >= 4 is 11.8 Å². The van der Waals surface area contributed by atoms with Gasteiger partial charge in [-0.3, -0.25) is 0 Å². The van der Waals surface area contributed by atoms with Crippen LogP contribution in [0.2, 0.25) is 0 Å². The molecule has 1 aromatic rings. The molecule has 1 rings (SSSR count). The first-order valence-corrected chi connectivity index (χ1v) is 5.57. The van der Waals surface area contributed by atoms with Gasteiger partial charge in [0.05, 0.1) is 5.60 Å². The second kappa shape index (κ2) is 4.80. The molecule has 0 heterocycles. The second-order valence-corrected chi connectivity index (χ2v) is 4.98. The Morgan fingerprint density at radius 2 is 2.00 bits per heavy atom. The predicted molar refractivity (Wildman–Crippen MR) is 58.0 cm³/mol. The lowest BCUT2D eigenvalue weighted by Gasteiger charge is -2.16. The summed E-state index contributed by atoms with van der Waals surface area (Å²) >= 11 is 1.44. The summed E-state index contributed by atoms with van der Waals surface area (Å²) in [4.78, 5) is 0.650. The van der Waals surface area contributed by atoms with E-state index >= 15 is 0 Å². The van der Waals surface area contributed by atoms with Crippen LogP contribution in [0.15, 0.2) is 29.2 Å². The molecule has 0 amide bonds. The van der Waals surface area contributed by atoms with Crippen LogP contribution in [0.1, 0.15) is 20.3 Å². The average Bonchev–Trinajstić information content (AvgIpc) is 2.06. The van der Waals surface area contributed by atoms with Gasteiger partial charge in [-0.25, -0.2) is 4.39 Å². The minimum atomic E-state index is -0.668. The van der Waals surface area contributed by atoms with Crippen molar-refractivity contribution in [3.05, 3.63) is 30.1 Å². The number of aliphatic hydroxyl groups is 1. The molecule has 0 saturated heterocycles. The van der Waals surface area contributed by atoms with Gasteiger partial charge in [0, 0.05) is 10.6 Å². The number of halogens is 1. The minimum Gasteiger partial charge on any atom is -0.390 e. The molecule has 0 fully saturated rings. The summed E-state index contributed by atoms with van der Waals surface area (Å²) < 4.78 is 13.1. The van der Waals surface area contributed by atoms with Crippen molar-refractivity contribution in [1.29, 1.82) is 0 Å². The second-order valence-electron chi connectivity index (χ2n) is 3.84. The molecule has 0 spiro atoms. The van der Waals surface area contributed by atoms with E-state index in [9.17, 15) is 9.50 Å². The van der Waals surface area contributed by atoms with Crippen LogP contribution >= 0.6 is 11.8 Å². The van der Waals surface area contributed by atoms with Gasteiger partial charge in [0.15, 0.2) is 0 Å². The van der Waals surface area contributed by atoms with E-state index < -0.39 is 5.60 Å². The fourth-order valence-corrected chi connectivity index (χ4v) is 2.17. The highest BCUT2D eigenvalue weighted by Crippen LogP contribution is 2.23. The molecule has 0 aliphatic carbocycles. The van der Waals surface area contributed by atoms with Crippen LogP contribution in [0.25, 0.3) is 0 Å². The molecule has 78 valence electrons. The standard InChI is InChI=1S/C11H15FOS/c1-11(2,13)7-8-14-10-6-4-3-5-9(10)12/h3-6,13H,7-8H2,1-2H3. The van der Waals surface area contributed by atoms with E-state index in [0.717, 1.165) is 5.75 Å². The van der Waals surface area contributed by atoms with E-state index in [1.54, 1.807) is 26.0 Å². The molecule has 0 radical (unpaired) electrons. The molecule has 0 bridgehead atoms. The lowest BCUT2D eigenvalue weighted by atomic mass is 10.1. The summed E-state index contributed by atoms with van der Waals surface area (Å²) in [5.74, 6) is 0.540. The van der Waals surface area contributed by atoms with Gasteiger partial charge in [-0.2, -0.15) is 0 Å². The van der Waals surface area contributed by atoms with Crippen LogP contribution < -0.4 is 0 Å². The van der Waals surface area contributed by atoms with E-state index in [1.165, 1.54) is 17.8 Å². The highest BCUT2D eigenvalue weighted by Gasteiger charge is 2.12. The topological polar surface area (TPSA) is 20.2 Å². The summed E-state index contributed by atoms with van der Waals surface area (Å²) in [6, 6.07) is 6.70. The Labute approximate surface area is 88.3 Å². The molecular weight excluding hydrogens is 199 g/mol. The van der Waals surface area contributed by atoms with Gasteiger partial charge in [0.2, 0.25) is 0 Å². The van der Waals surface area contributed by atoms with Crippen LogP contribution in [0.5, 0.6) is 0 Å². The Morgan fingerprint density at radius 1 is 1.36 bits per heavy atom. The number of hydrogen-bond donors (Lipinski definition) is 1. The van der Waals surface area contributed by atoms with E-state index in [1.807, 2.05) is 6.07 Å². The SMILES string of the molecule is CC(C)(O)CCSc1ccccc1F. The molecular formula is C11H15FOS. The van der Waals surface area contributed by atoms with E-state index in [0.29, 0.717) is 11.3 Å². The average molecular weight is 214 g/mol. The number of rotatable bonds is 4. The van der Waals surface area contributed by atoms with E-state index in [4.69, 9.17) is 0 Å².